The maximum absolute atomic E-state index is 12.4. The molecule has 3 rings (SSSR count). The van der Waals surface area contributed by atoms with E-state index in [4.69, 9.17) is 11.6 Å². The Labute approximate surface area is 132 Å². The van der Waals surface area contributed by atoms with E-state index in [1.165, 1.54) is 18.2 Å². The van der Waals surface area contributed by atoms with Crippen molar-refractivity contribution < 1.29 is 13.5 Å². The maximum Gasteiger partial charge on any atom is 0.244 e. The first-order valence-electron chi connectivity index (χ1n) is 6.20. The van der Waals surface area contributed by atoms with E-state index in [-0.39, 0.29) is 16.0 Å². The first-order valence-corrected chi connectivity index (χ1v) is 9.05. The highest BCUT2D eigenvalue weighted by atomic mass is 35.5. The maximum atomic E-state index is 12.4. The van der Waals surface area contributed by atoms with Crippen molar-refractivity contribution in [2.75, 3.05) is 5.75 Å². The number of rotatable bonds is 3. The molecule has 0 bridgehead atoms. The first kappa shape index (κ1) is 14.7. The molecule has 1 heterocycles. The van der Waals surface area contributed by atoms with Gasteiger partial charge in [-0.3, -0.25) is 0 Å². The molecule has 0 amide bonds. The molecule has 0 radical (unpaired) electrons. The molecule has 1 aliphatic rings. The van der Waals surface area contributed by atoms with E-state index in [0.29, 0.717) is 5.75 Å². The lowest BCUT2D eigenvalue weighted by Crippen LogP contribution is -2.28. The zero-order chi connectivity index (χ0) is 15.0. The smallest absolute Gasteiger partial charge is 0.244 e. The van der Waals surface area contributed by atoms with Crippen molar-refractivity contribution in [1.82, 2.24) is 4.72 Å². The standard InChI is InChI=1S/C14H12ClNO3S2/c15-10-5-3-7-13(14(10)17)21(18,19)16-11-8-20-12-6-2-1-4-9(11)12/h1-7,11,16-17H,8H2. The molecule has 0 aliphatic carbocycles. The number of phenols is 1. The summed E-state index contributed by atoms with van der Waals surface area (Å²) in [5.74, 6) is 0.200. The Morgan fingerprint density at radius 2 is 1.95 bits per heavy atom. The number of halogens is 1. The average Bonchev–Trinajstić information content (AvgIpc) is 2.84. The van der Waals surface area contributed by atoms with E-state index in [1.54, 1.807) is 11.8 Å². The molecule has 4 nitrogen and oxygen atoms in total. The van der Waals surface area contributed by atoms with Gasteiger partial charge < -0.3 is 5.11 Å². The van der Waals surface area contributed by atoms with Gasteiger partial charge in [0, 0.05) is 10.6 Å². The number of hydrogen-bond acceptors (Lipinski definition) is 4. The summed E-state index contributed by atoms with van der Waals surface area (Å²) >= 11 is 7.37. The second-order valence-corrected chi connectivity index (χ2v) is 7.76. The van der Waals surface area contributed by atoms with Crippen molar-refractivity contribution in [3.05, 3.63) is 53.1 Å². The fourth-order valence-corrected chi connectivity index (χ4v) is 5.05. The van der Waals surface area contributed by atoms with E-state index in [9.17, 15) is 13.5 Å². The summed E-state index contributed by atoms with van der Waals surface area (Å²) in [4.78, 5) is 0.866. The lowest BCUT2D eigenvalue weighted by molar-refractivity contribution is 0.457. The predicted molar refractivity (Wildman–Crippen MR) is 83.3 cm³/mol. The van der Waals surface area contributed by atoms with Crippen molar-refractivity contribution in [2.45, 2.75) is 15.8 Å². The van der Waals surface area contributed by atoms with Crippen LogP contribution in [-0.4, -0.2) is 19.3 Å². The normalized spacial score (nSPS) is 17.7. The Hall–Kier alpha value is -1.21. The summed E-state index contributed by atoms with van der Waals surface area (Å²) in [7, 11) is -3.84. The van der Waals surface area contributed by atoms with Crippen LogP contribution in [0.25, 0.3) is 0 Å². The quantitative estimate of drug-likeness (QED) is 0.900. The number of hydrogen-bond donors (Lipinski definition) is 2. The minimum absolute atomic E-state index is 0.0130. The zero-order valence-corrected chi connectivity index (χ0v) is 13.2. The zero-order valence-electron chi connectivity index (χ0n) is 10.8. The van der Waals surface area contributed by atoms with Crippen LogP contribution >= 0.6 is 23.4 Å². The number of thioether (sulfide) groups is 1. The molecule has 0 spiro atoms. The number of fused-ring (bicyclic) bond motifs is 1. The highest BCUT2D eigenvalue weighted by Gasteiger charge is 2.29. The van der Waals surface area contributed by atoms with Crippen molar-refractivity contribution in [3.8, 4) is 5.75 Å². The van der Waals surface area contributed by atoms with Gasteiger partial charge >= 0.3 is 0 Å². The van der Waals surface area contributed by atoms with E-state index < -0.39 is 15.8 Å². The molecule has 21 heavy (non-hydrogen) atoms. The summed E-state index contributed by atoms with van der Waals surface area (Å²) in [6, 6.07) is 11.6. The molecule has 0 fully saturated rings. The average molecular weight is 342 g/mol. The molecule has 1 atom stereocenters. The van der Waals surface area contributed by atoms with E-state index in [2.05, 4.69) is 4.72 Å². The van der Waals surface area contributed by atoms with Gasteiger partial charge in [-0.15, -0.1) is 11.8 Å². The van der Waals surface area contributed by atoms with Crippen LogP contribution < -0.4 is 4.72 Å². The van der Waals surface area contributed by atoms with E-state index in [1.807, 2.05) is 24.3 Å². The van der Waals surface area contributed by atoms with Crippen molar-refractivity contribution in [3.63, 3.8) is 0 Å². The lowest BCUT2D eigenvalue weighted by atomic mass is 10.1. The topological polar surface area (TPSA) is 66.4 Å². The third-order valence-corrected chi connectivity index (χ3v) is 6.23. The third kappa shape index (κ3) is 2.76. The summed E-state index contributed by atoms with van der Waals surface area (Å²) in [6.45, 7) is 0. The first-order chi connectivity index (χ1) is 9.99. The van der Waals surface area contributed by atoms with Gasteiger partial charge in [0.1, 0.15) is 4.90 Å². The molecule has 7 heteroatoms. The minimum atomic E-state index is -3.84. The molecule has 1 unspecified atom stereocenters. The van der Waals surface area contributed by atoms with Crippen molar-refractivity contribution in [1.29, 1.82) is 0 Å². The molecule has 0 saturated carbocycles. The van der Waals surface area contributed by atoms with Gasteiger partial charge in [0.05, 0.1) is 11.1 Å². The number of benzene rings is 2. The number of sulfonamides is 1. The van der Waals surface area contributed by atoms with Crippen LogP contribution in [-0.2, 0) is 10.0 Å². The highest BCUT2D eigenvalue weighted by Crippen LogP contribution is 2.39. The number of nitrogens with one attached hydrogen (secondary N) is 1. The number of para-hydroxylation sites is 1. The van der Waals surface area contributed by atoms with Crippen LogP contribution in [0.5, 0.6) is 5.75 Å². The molecule has 2 N–H and O–H groups in total. The van der Waals surface area contributed by atoms with Gasteiger partial charge in [-0.1, -0.05) is 35.9 Å². The van der Waals surface area contributed by atoms with Crippen LogP contribution in [0, 0.1) is 0 Å². The van der Waals surface area contributed by atoms with Gasteiger partial charge in [0.2, 0.25) is 10.0 Å². The van der Waals surface area contributed by atoms with Crippen LogP contribution in [0.3, 0.4) is 0 Å². The molecule has 0 saturated heterocycles. The molecular weight excluding hydrogens is 330 g/mol. The number of phenolic OH excluding ortho intramolecular Hbond substituents is 1. The van der Waals surface area contributed by atoms with Crippen molar-refractivity contribution in [2.24, 2.45) is 0 Å². The minimum Gasteiger partial charge on any atom is -0.505 e. The van der Waals surface area contributed by atoms with E-state index in [0.717, 1.165) is 10.5 Å². The van der Waals surface area contributed by atoms with Crippen LogP contribution in [0.1, 0.15) is 11.6 Å². The van der Waals surface area contributed by atoms with Gasteiger partial charge in [-0.05, 0) is 23.8 Å². The Balaban J connectivity index is 1.93. The van der Waals surface area contributed by atoms with Gasteiger partial charge in [0.15, 0.2) is 5.75 Å². The van der Waals surface area contributed by atoms with Gasteiger partial charge in [-0.25, -0.2) is 13.1 Å². The predicted octanol–water partition coefficient (Wildman–Crippen LogP) is 3.17. The molecule has 110 valence electrons. The molecule has 2 aromatic carbocycles. The van der Waals surface area contributed by atoms with Crippen LogP contribution in [0.15, 0.2) is 52.3 Å². The summed E-state index contributed by atoms with van der Waals surface area (Å²) in [5.41, 5.74) is 0.951. The Morgan fingerprint density at radius 3 is 2.76 bits per heavy atom. The molecule has 2 aromatic rings. The summed E-state index contributed by atoms with van der Waals surface area (Å²) in [6.07, 6.45) is 0. The molecule has 1 aliphatic heterocycles. The van der Waals surface area contributed by atoms with Crippen LogP contribution in [0.4, 0.5) is 0 Å². The Kier molecular flexibility index (Phi) is 3.88. The van der Waals surface area contributed by atoms with Crippen LogP contribution in [0.2, 0.25) is 5.02 Å². The van der Waals surface area contributed by atoms with Crippen molar-refractivity contribution >= 4 is 33.4 Å². The third-order valence-electron chi connectivity index (χ3n) is 3.24. The fraction of sp³-hybridized carbons (Fsp3) is 0.143. The monoisotopic (exact) mass is 341 g/mol. The van der Waals surface area contributed by atoms with Gasteiger partial charge in [0.25, 0.3) is 0 Å². The lowest BCUT2D eigenvalue weighted by Gasteiger charge is -2.14. The molecule has 0 aromatic heterocycles. The highest BCUT2D eigenvalue weighted by molar-refractivity contribution is 7.99. The Bertz CT molecular complexity index is 793. The Morgan fingerprint density at radius 1 is 1.19 bits per heavy atom. The molecular formula is C14H12ClNO3S2. The fourth-order valence-electron chi connectivity index (χ4n) is 2.22. The summed E-state index contributed by atoms with van der Waals surface area (Å²) in [5, 5.41) is 9.86. The largest absolute Gasteiger partial charge is 0.505 e. The van der Waals surface area contributed by atoms with E-state index >= 15 is 0 Å². The number of aromatic hydroxyl groups is 1. The van der Waals surface area contributed by atoms with Gasteiger partial charge in [-0.2, -0.15) is 0 Å². The second kappa shape index (κ2) is 5.53. The SMILES string of the molecule is O=S(=O)(NC1CSc2ccccc21)c1cccc(Cl)c1O. The second-order valence-electron chi connectivity index (χ2n) is 4.61. The summed E-state index contributed by atoms with van der Waals surface area (Å²) < 4.78 is 27.5.